The van der Waals surface area contributed by atoms with E-state index in [2.05, 4.69) is 36.8 Å². The van der Waals surface area contributed by atoms with Crippen LogP contribution in [0.25, 0.3) is 10.6 Å². The van der Waals surface area contributed by atoms with Gasteiger partial charge in [0, 0.05) is 27.0 Å². The summed E-state index contributed by atoms with van der Waals surface area (Å²) in [6, 6.07) is 22.9. The van der Waals surface area contributed by atoms with Crippen LogP contribution in [-0.4, -0.2) is 28.1 Å². The third kappa shape index (κ3) is 6.25. The molecule has 1 aromatic heterocycles. The predicted molar refractivity (Wildman–Crippen MR) is 135 cm³/mol. The van der Waals surface area contributed by atoms with Gasteiger partial charge in [0.2, 0.25) is 11.0 Å². The van der Waals surface area contributed by atoms with Gasteiger partial charge in [-0.15, -0.1) is 10.2 Å². The van der Waals surface area contributed by atoms with Gasteiger partial charge in [-0.05, 0) is 35.9 Å². The summed E-state index contributed by atoms with van der Waals surface area (Å²) in [6.07, 6.45) is 0.326. The summed E-state index contributed by atoms with van der Waals surface area (Å²) in [4.78, 5) is 26.0. The van der Waals surface area contributed by atoms with Gasteiger partial charge in [0.05, 0.1) is 0 Å². The molecule has 2 amide bonds. The number of carbonyl (C=O) groups excluding carboxylic acids is 2. The number of benzene rings is 3. The first-order chi connectivity index (χ1) is 16.0. The van der Waals surface area contributed by atoms with Gasteiger partial charge in [0.25, 0.3) is 5.91 Å². The quantitative estimate of drug-likeness (QED) is 0.319. The van der Waals surface area contributed by atoms with Crippen molar-refractivity contribution in [2.24, 2.45) is 0 Å². The average Bonchev–Trinajstić information content (AvgIpc) is 3.28. The fourth-order valence-electron chi connectivity index (χ4n) is 3.13. The summed E-state index contributed by atoms with van der Waals surface area (Å²) in [7, 11) is 0. The SMILES string of the molecule is O=C(NC(Cc1ccccc1)C(=O)Nc1nnc(-c2cccc(Cl)c2)s1)c1cccc(Br)c1. The van der Waals surface area contributed by atoms with Gasteiger partial charge in [0.1, 0.15) is 11.0 Å². The van der Waals surface area contributed by atoms with Gasteiger partial charge >= 0.3 is 0 Å². The number of amides is 2. The molecule has 9 heteroatoms. The average molecular weight is 542 g/mol. The molecule has 1 atom stereocenters. The zero-order valence-corrected chi connectivity index (χ0v) is 20.3. The molecule has 0 aliphatic heterocycles. The second-order valence-corrected chi connectivity index (χ2v) is 9.47. The van der Waals surface area contributed by atoms with Crippen LogP contribution in [0.15, 0.2) is 83.3 Å². The van der Waals surface area contributed by atoms with Crippen molar-refractivity contribution >= 4 is 55.8 Å². The second kappa shape index (κ2) is 10.7. The molecule has 2 N–H and O–H groups in total. The van der Waals surface area contributed by atoms with E-state index in [0.717, 1.165) is 15.6 Å². The lowest BCUT2D eigenvalue weighted by atomic mass is 10.0. The van der Waals surface area contributed by atoms with E-state index in [4.69, 9.17) is 11.6 Å². The molecule has 0 fully saturated rings. The highest BCUT2D eigenvalue weighted by molar-refractivity contribution is 9.10. The largest absolute Gasteiger partial charge is 0.340 e. The van der Waals surface area contributed by atoms with Gasteiger partial charge in [-0.2, -0.15) is 0 Å². The van der Waals surface area contributed by atoms with E-state index < -0.39 is 6.04 Å². The molecule has 4 aromatic rings. The van der Waals surface area contributed by atoms with Crippen molar-refractivity contribution in [3.63, 3.8) is 0 Å². The molecule has 0 aliphatic carbocycles. The summed E-state index contributed by atoms with van der Waals surface area (Å²) < 4.78 is 0.779. The van der Waals surface area contributed by atoms with Crippen LogP contribution in [0.1, 0.15) is 15.9 Å². The van der Waals surface area contributed by atoms with E-state index >= 15 is 0 Å². The number of aromatic nitrogens is 2. The van der Waals surface area contributed by atoms with Crippen molar-refractivity contribution in [3.8, 4) is 10.6 Å². The standard InChI is InChI=1S/C24H18BrClN4O2S/c25-18-10-4-8-16(13-18)21(31)27-20(12-15-6-2-1-3-7-15)22(32)28-24-30-29-23(33-24)17-9-5-11-19(26)14-17/h1-11,13-14,20H,12H2,(H,27,31)(H,28,30,32). The molecule has 33 heavy (non-hydrogen) atoms. The minimum atomic E-state index is -0.808. The zero-order valence-electron chi connectivity index (χ0n) is 17.2. The third-order valence-corrected chi connectivity index (χ3v) is 6.33. The van der Waals surface area contributed by atoms with Crippen molar-refractivity contribution in [3.05, 3.63) is 99.5 Å². The molecule has 0 spiro atoms. The Hall–Kier alpha value is -3.07. The van der Waals surface area contributed by atoms with E-state index in [1.807, 2.05) is 48.5 Å². The monoisotopic (exact) mass is 540 g/mol. The van der Waals surface area contributed by atoms with Gasteiger partial charge < -0.3 is 5.32 Å². The summed E-state index contributed by atoms with van der Waals surface area (Å²) in [6.45, 7) is 0. The number of nitrogens with zero attached hydrogens (tertiary/aromatic N) is 2. The minimum Gasteiger partial charge on any atom is -0.340 e. The van der Waals surface area contributed by atoms with Gasteiger partial charge in [-0.25, -0.2) is 0 Å². The maximum atomic E-state index is 13.1. The van der Waals surface area contributed by atoms with Crippen molar-refractivity contribution in [2.75, 3.05) is 5.32 Å². The lowest BCUT2D eigenvalue weighted by Gasteiger charge is -2.18. The Morgan fingerprint density at radius 1 is 0.970 bits per heavy atom. The van der Waals surface area contributed by atoms with Crippen LogP contribution in [0.5, 0.6) is 0 Å². The number of carbonyl (C=O) groups is 2. The molecular weight excluding hydrogens is 524 g/mol. The first kappa shape index (κ1) is 23.1. The topological polar surface area (TPSA) is 84.0 Å². The lowest BCUT2D eigenvalue weighted by molar-refractivity contribution is -0.118. The Labute approximate surface area is 208 Å². The van der Waals surface area contributed by atoms with Gasteiger partial charge in [0.15, 0.2) is 0 Å². The highest BCUT2D eigenvalue weighted by atomic mass is 79.9. The van der Waals surface area contributed by atoms with Crippen LogP contribution >= 0.6 is 38.9 Å². The fraction of sp³-hybridized carbons (Fsp3) is 0.0833. The fourth-order valence-corrected chi connectivity index (χ4v) is 4.47. The van der Waals surface area contributed by atoms with Crippen LogP contribution in [0.4, 0.5) is 5.13 Å². The van der Waals surface area contributed by atoms with Crippen LogP contribution < -0.4 is 10.6 Å². The Morgan fingerprint density at radius 2 is 1.76 bits per heavy atom. The first-order valence-corrected chi connectivity index (χ1v) is 12.0. The smallest absolute Gasteiger partial charge is 0.251 e. The number of anilines is 1. The van der Waals surface area contributed by atoms with Crippen molar-refractivity contribution in [1.29, 1.82) is 0 Å². The highest BCUT2D eigenvalue weighted by Crippen LogP contribution is 2.28. The molecule has 0 saturated heterocycles. The molecule has 3 aromatic carbocycles. The van der Waals surface area contributed by atoms with Crippen LogP contribution in [0, 0.1) is 0 Å². The zero-order chi connectivity index (χ0) is 23.2. The van der Waals surface area contributed by atoms with E-state index in [-0.39, 0.29) is 11.8 Å². The first-order valence-electron chi connectivity index (χ1n) is 9.98. The molecular formula is C24H18BrClN4O2S. The summed E-state index contributed by atoms with van der Waals surface area (Å²) in [5.41, 5.74) is 2.18. The second-order valence-electron chi connectivity index (χ2n) is 7.14. The lowest BCUT2D eigenvalue weighted by Crippen LogP contribution is -2.45. The normalized spacial score (nSPS) is 11.6. The molecule has 6 nitrogen and oxygen atoms in total. The molecule has 1 heterocycles. The van der Waals surface area contributed by atoms with E-state index in [1.54, 1.807) is 30.3 Å². The van der Waals surface area contributed by atoms with Crippen LogP contribution in [-0.2, 0) is 11.2 Å². The van der Waals surface area contributed by atoms with Crippen molar-refractivity contribution in [1.82, 2.24) is 15.5 Å². The molecule has 0 saturated carbocycles. The van der Waals surface area contributed by atoms with E-state index in [9.17, 15) is 9.59 Å². The Bertz CT molecular complexity index is 1280. The predicted octanol–water partition coefficient (Wildman–Crippen LogP) is 5.60. The molecule has 1 unspecified atom stereocenters. The maximum Gasteiger partial charge on any atom is 0.251 e. The number of nitrogens with one attached hydrogen (secondary N) is 2. The Morgan fingerprint density at radius 3 is 2.52 bits per heavy atom. The van der Waals surface area contributed by atoms with E-state index in [0.29, 0.717) is 27.1 Å². The number of halogens is 2. The highest BCUT2D eigenvalue weighted by Gasteiger charge is 2.23. The molecule has 166 valence electrons. The van der Waals surface area contributed by atoms with Gasteiger partial charge in [-0.3, -0.25) is 14.9 Å². The summed E-state index contributed by atoms with van der Waals surface area (Å²) in [5, 5.41) is 15.4. The van der Waals surface area contributed by atoms with Crippen LogP contribution in [0.2, 0.25) is 5.02 Å². The minimum absolute atomic E-state index is 0.326. The van der Waals surface area contributed by atoms with Crippen molar-refractivity contribution < 1.29 is 9.59 Å². The third-order valence-electron chi connectivity index (χ3n) is 4.72. The summed E-state index contributed by atoms with van der Waals surface area (Å²) >= 11 is 10.7. The number of rotatable bonds is 7. The number of hydrogen-bond donors (Lipinski definition) is 2. The molecule has 0 radical (unpaired) electrons. The van der Waals surface area contributed by atoms with E-state index in [1.165, 1.54) is 11.3 Å². The number of hydrogen-bond acceptors (Lipinski definition) is 5. The maximum absolute atomic E-state index is 13.1. The van der Waals surface area contributed by atoms with Gasteiger partial charge in [-0.1, -0.05) is 87.4 Å². The molecule has 0 bridgehead atoms. The molecule has 0 aliphatic rings. The van der Waals surface area contributed by atoms with Crippen LogP contribution in [0.3, 0.4) is 0 Å². The summed E-state index contributed by atoms with van der Waals surface area (Å²) in [5.74, 6) is -0.722. The molecule has 4 rings (SSSR count). The van der Waals surface area contributed by atoms with Crippen molar-refractivity contribution in [2.45, 2.75) is 12.5 Å². The Kier molecular flexibility index (Phi) is 7.49. The Balaban J connectivity index is 1.52.